The number of anilines is 1. The van der Waals surface area contributed by atoms with E-state index in [0.29, 0.717) is 0 Å². The molecule has 0 aliphatic rings. The Morgan fingerprint density at radius 3 is 2.58 bits per heavy atom. The topological polar surface area (TPSA) is 59.1 Å². The molecule has 2 rings (SSSR count). The third-order valence-corrected chi connectivity index (χ3v) is 4.34. The van der Waals surface area contributed by atoms with Crippen molar-refractivity contribution in [2.45, 2.75) is 4.90 Å². The molecule has 0 amide bonds. The van der Waals surface area contributed by atoms with Gasteiger partial charge in [-0.15, -0.1) is 0 Å². The lowest BCUT2D eigenvalue weighted by Gasteiger charge is -2.10. The van der Waals surface area contributed by atoms with Crippen LogP contribution in [0.3, 0.4) is 0 Å². The zero-order valence-electron chi connectivity index (χ0n) is 9.27. The third kappa shape index (κ3) is 3.15. The van der Waals surface area contributed by atoms with E-state index in [2.05, 4.69) is 9.71 Å². The van der Waals surface area contributed by atoms with E-state index in [9.17, 15) is 12.8 Å². The number of sulfonamides is 1. The van der Waals surface area contributed by atoms with Crippen LogP contribution in [0.4, 0.5) is 10.1 Å². The highest BCUT2D eigenvalue weighted by atomic mass is 35.5. The van der Waals surface area contributed by atoms with E-state index in [0.717, 1.165) is 18.2 Å². The van der Waals surface area contributed by atoms with Gasteiger partial charge in [0.25, 0.3) is 10.0 Å². The largest absolute Gasteiger partial charge is 0.276 e. The molecule has 0 saturated heterocycles. The monoisotopic (exact) mass is 320 g/mol. The summed E-state index contributed by atoms with van der Waals surface area (Å²) in [5.74, 6) is -0.622. The van der Waals surface area contributed by atoms with Crippen molar-refractivity contribution in [1.82, 2.24) is 4.98 Å². The Bertz CT molecular complexity index is 722. The molecule has 100 valence electrons. The van der Waals surface area contributed by atoms with E-state index in [1.165, 1.54) is 18.3 Å². The average molecular weight is 321 g/mol. The Morgan fingerprint density at radius 2 is 1.95 bits per heavy atom. The predicted molar refractivity (Wildman–Crippen MR) is 71.5 cm³/mol. The maximum Gasteiger partial charge on any atom is 0.263 e. The van der Waals surface area contributed by atoms with Gasteiger partial charge in [-0.1, -0.05) is 23.2 Å². The quantitative estimate of drug-likeness (QED) is 0.882. The zero-order valence-corrected chi connectivity index (χ0v) is 11.6. The van der Waals surface area contributed by atoms with Crippen LogP contribution in [0.25, 0.3) is 0 Å². The van der Waals surface area contributed by atoms with Crippen molar-refractivity contribution in [3.8, 4) is 0 Å². The summed E-state index contributed by atoms with van der Waals surface area (Å²) in [5, 5.41) is -0.211. The Morgan fingerprint density at radius 1 is 1.21 bits per heavy atom. The lowest BCUT2D eigenvalue weighted by atomic mass is 10.3. The van der Waals surface area contributed by atoms with E-state index in [1.54, 1.807) is 0 Å². The SMILES string of the molecule is O=S(=O)(Nc1cccnc1Cl)c1ccc(F)cc1Cl. The highest BCUT2D eigenvalue weighted by Crippen LogP contribution is 2.26. The maximum atomic E-state index is 12.9. The van der Waals surface area contributed by atoms with Crippen LogP contribution in [0.15, 0.2) is 41.4 Å². The smallest absolute Gasteiger partial charge is 0.263 e. The van der Waals surface area contributed by atoms with Crippen LogP contribution in [0.2, 0.25) is 10.2 Å². The van der Waals surface area contributed by atoms with Crippen molar-refractivity contribution in [2.24, 2.45) is 0 Å². The molecule has 0 spiro atoms. The number of pyridine rings is 1. The summed E-state index contributed by atoms with van der Waals surface area (Å²) in [6.07, 6.45) is 1.42. The van der Waals surface area contributed by atoms with Crippen LogP contribution in [0.5, 0.6) is 0 Å². The predicted octanol–water partition coefficient (Wildman–Crippen LogP) is 3.33. The number of hydrogen-bond donors (Lipinski definition) is 1. The van der Waals surface area contributed by atoms with Gasteiger partial charge in [-0.2, -0.15) is 0 Å². The summed E-state index contributed by atoms with van der Waals surface area (Å²) >= 11 is 11.5. The van der Waals surface area contributed by atoms with Gasteiger partial charge in [0.2, 0.25) is 0 Å². The van der Waals surface area contributed by atoms with Gasteiger partial charge in [0.15, 0.2) is 5.15 Å². The van der Waals surface area contributed by atoms with E-state index in [1.807, 2.05) is 0 Å². The molecule has 0 fully saturated rings. The van der Waals surface area contributed by atoms with Crippen LogP contribution in [0.1, 0.15) is 0 Å². The number of benzene rings is 1. The minimum Gasteiger partial charge on any atom is -0.276 e. The van der Waals surface area contributed by atoms with Crippen LogP contribution in [0, 0.1) is 5.82 Å². The molecule has 0 bridgehead atoms. The highest BCUT2D eigenvalue weighted by Gasteiger charge is 2.19. The zero-order chi connectivity index (χ0) is 14.0. The second-order valence-corrected chi connectivity index (χ2v) is 5.94. The molecule has 0 atom stereocenters. The van der Waals surface area contributed by atoms with Gasteiger partial charge < -0.3 is 0 Å². The summed E-state index contributed by atoms with van der Waals surface area (Å²) in [7, 11) is -3.96. The standard InChI is InChI=1S/C11H7Cl2FN2O2S/c12-8-6-7(14)3-4-10(8)19(17,18)16-9-2-1-5-15-11(9)13/h1-6,16H. The van der Waals surface area contributed by atoms with Crippen LogP contribution < -0.4 is 4.72 Å². The summed E-state index contributed by atoms with van der Waals surface area (Å²) in [6.45, 7) is 0. The van der Waals surface area contributed by atoms with Crippen molar-refractivity contribution in [3.63, 3.8) is 0 Å². The van der Waals surface area contributed by atoms with Gasteiger partial charge >= 0.3 is 0 Å². The van der Waals surface area contributed by atoms with Crippen LogP contribution in [-0.2, 0) is 10.0 Å². The van der Waals surface area contributed by atoms with Crippen LogP contribution in [-0.4, -0.2) is 13.4 Å². The lowest BCUT2D eigenvalue weighted by molar-refractivity contribution is 0.599. The molecule has 0 aliphatic heterocycles. The second kappa shape index (κ2) is 5.32. The number of halogens is 3. The minimum absolute atomic E-state index is 0.00399. The van der Waals surface area contributed by atoms with Crippen molar-refractivity contribution in [1.29, 1.82) is 0 Å². The summed E-state index contributed by atoms with van der Waals surface area (Å²) in [6, 6.07) is 5.97. The normalized spacial score (nSPS) is 11.3. The Kier molecular flexibility index (Phi) is 3.93. The number of hydrogen-bond acceptors (Lipinski definition) is 3. The first-order chi connectivity index (χ1) is 8.90. The molecule has 0 radical (unpaired) electrons. The fourth-order valence-corrected chi connectivity index (χ4v) is 3.18. The molecule has 19 heavy (non-hydrogen) atoms. The van der Waals surface area contributed by atoms with E-state index in [4.69, 9.17) is 23.2 Å². The lowest BCUT2D eigenvalue weighted by Crippen LogP contribution is -2.14. The molecule has 0 aliphatic carbocycles. The molecule has 1 aromatic carbocycles. The van der Waals surface area contributed by atoms with Gasteiger partial charge in [0.05, 0.1) is 10.7 Å². The molecule has 1 N–H and O–H groups in total. The average Bonchev–Trinajstić information content (AvgIpc) is 2.31. The number of aromatic nitrogens is 1. The summed E-state index contributed by atoms with van der Waals surface area (Å²) in [5.41, 5.74) is 0.115. The van der Waals surface area contributed by atoms with Crippen LogP contribution >= 0.6 is 23.2 Å². The first-order valence-corrected chi connectivity index (χ1v) is 7.22. The van der Waals surface area contributed by atoms with Crippen molar-refractivity contribution in [3.05, 3.63) is 52.5 Å². The Balaban J connectivity index is 2.41. The Labute approximate surface area is 119 Å². The molecule has 0 unspecified atom stereocenters. The molecule has 0 saturated carbocycles. The number of nitrogens with one attached hydrogen (secondary N) is 1. The first kappa shape index (κ1) is 14.0. The molecular formula is C11H7Cl2FN2O2S. The molecule has 1 aromatic heterocycles. The summed E-state index contributed by atoms with van der Waals surface area (Å²) < 4.78 is 39.3. The minimum atomic E-state index is -3.96. The maximum absolute atomic E-state index is 12.9. The molecular weight excluding hydrogens is 314 g/mol. The van der Waals surface area contributed by atoms with E-state index < -0.39 is 15.8 Å². The fourth-order valence-electron chi connectivity index (χ4n) is 1.36. The number of rotatable bonds is 3. The fraction of sp³-hybridized carbons (Fsp3) is 0. The molecule has 8 heteroatoms. The van der Waals surface area contributed by atoms with Crippen molar-refractivity contribution >= 4 is 38.9 Å². The Hall–Kier alpha value is -1.37. The summed E-state index contributed by atoms with van der Waals surface area (Å²) in [4.78, 5) is 3.50. The van der Waals surface area contributed by atoms with Crippen molar-refractivity contribution in [2.75, 3.05) is 4.72 Å². The van der Waals surface area contributed by atoms with Gasteiger partial charge in [0.1, 0.15) is 10.7 Å². The third-order valence-electron chi connectivity index (χ3n) is 2.19. The first-order valence-electron chi connectivity index (χ1n) is 4.98. The van der Waals surface area contributed by atoms with E-state index >= 15 is 0 Å². The van der Waals surface area contributed by atoms with Gasteiger partial charge in [0, 0.05) is 6.20 Å². The molecule has 2 aromatic rings. The highest BCUT2D eigenvalue weighted by molar-refractivity contribution is 7.92. The van der Waals surface area contributed by atoms with Gasteiger partial charge in [-0.3, -0.25) is 4.72 Å². The van der Waals surface area contributed by atoms with Crippen molar-refractivity contribution < 1.29 is 12.8 Å². The van der Waals surface area contributed by atoms with Gasteiger partial charge in [-0.25, -0.2) is 17.8 Å². The molecule has 1 heterocycles. The second-order valence-electron chi connectivity index (χ2n) is 3.52. The van der Waals surface area contributed by atoms with Gasteiger partial charge in [-0.05, 0) is 30.3 Å². The number of nitrogens with zero attached hydrogens (tertiary/aromatic N) is 1. The molecule has 4 nitrogen and oxygen atoms in total. The van der Waals surface area contributed by atoms with E-state index in [-0.39, 0.29) is 20.8 Å².